The highest BCUT2D eigenvalue weighted by Crippen LogP contribution is 2.16. The van der Waals surface area contributed by atoms with Crippen LogP contribution in [0.4, 0.5) is 0 Å². The van der Waals surface area contributed by atoms with Gasteiger partial charge in [0.25, 0.3) is 0 Å². The van der Waals surface area contributed by atoms with Crippen molar-refractivity contribution in [2.75, 3.05) is 0 Å². The number of nitrogens with zero attached hydrogens (tertiary/aromatic N) is 1. The molecule has 0 heterocycles. The van der Waals surface area contributed by atoms with Crippen molar-refractivity contribution >= 4 is 22.1 Å². The van der Waals surface area contributed by atoms with E-state index in [0.717, 1.165) is 10.0 Å². The van der Waals surface area contributed by atoms with E-state index in [1.807, 2.05) is 48.7 Å². The van der Waals surface area contributed by atoms with Gasteiger partial charge in [0.1, 0.15) is 0 Å². The third-order valence-electron chi connectivity index (χ3n) is 2.60. The number of aliphatic imine (C=N–C) groups is 1. The number of benzene rings is 2. The zero-order valence-electron chi connectivity index (χ0n) is 9.68. The van der Waals surface area contributed by atoms with Crippen molar-refractivity contribution in [3.8, 4) is 0 Å². The molecule has 0 fully saturated rings. The Morgan fingerprint density at radius 2 is 1.65 bits per heavy atom. The van der Waals surface area contributed by atoms with Gasteiger partial charge in [-0.05, 0) is 30.2 Å². The summed E-state index contributed by atoms with van der Waals surface area (Å²) in [5.74, 6) is 0. The molecule has 2 heteroatoms. The van der Waals surface area contributed by atoms with Gasteiger partial charge in [-0.25, -0.2) is 0 Å². The summed E-state index contributed by atoms with van der Waals surface area (Å²) in [6, 6.07) is 18.6. The lowest BCUT2D eigenvalue weighted by Gasteiger charge is -2.05. The summed E-state index contributed by atoms with van der Waals surface area (Å²) in [6.07, 6.45) is 1.92. The van der Waals surface area contributed by atoms with Gasteiger partial charge >= 0.3 is 0 Å². The van der Waals surface area contributed by atoms with Crippen LogP contribution in [-0.4, -0.2) is 6.21 Å². The van der Waals surface area contributed by atoms with Gasteiger partial charge in [0.05, 0.1) is 6.04 Å². The summed E-state index contributed by atoms with van der Waals surface area (Å²) in [5, 5.41) is 0. The SMILES string of the molecule is C[C@H](N=Cc1ccc(Br)cc1)c1ccccc1. The average molecular weight is 288 g/mol. The molecular formula is C15H14BrN. The summed E-state index contributed by atoms with van der Waals surface area (Å²) in [6.45, 7) is 2.10. The third-order valence-corrected chi connectivity index (χ3v) is 3.13. The minimum atomic E-state index is 0.194. The average Bonchev–Trinajstić information content (AvgIpc) is 2.39. The first-order valence-electron chi connectivity index (χ1n) is 5.59. The molecule has 0 aliphatic rings. The molecule has 2 aromatic rings. The van der Waals surface area contributed by atoms with Crippen molar-refractivity contribution < 1.29 is 0 Å². The zero-order chi connectivity index (χ0) is 12.1. The molecule has 0 bridgehead atoms. The maximum Gasteiger partial charge on any atom is 0.0721 e. The van der Waals surface area contributed by atoms with Crippen LogP contribution < -0.4 is 0 Å². The van der Waals surface area contributed by atoms with Crippen LogP contribution in [0.5, 0.6) is 0 Å². The maximum atomic E-state index is 4.55. The second-order valence-electron chi connectivity index (χ2n) is 3.92. The molecule has 2 rings (SSSR count). The zero-order valence-corrected chi connectivity index (χ0v) is 11.3. The van der Waals surface area contributed by atoms with Crippen LogP contribution in [0.15, 0.2) is 64.1 Å². The van der Waals surface area contributed by atoms with E-state index in [0.29, 0.717) is 0 Å². The highest BCUT2D eigenvalue weighted by Gasteiger charge is 2.00. The fraction of sp³-hybridized carbons (Fsp3) is 0.133. The summed E-state index contributed by atoms with van der Waals surface area (Å²) < 4.78 is 1.09. The summed E-state index contributed by atoms with van der Waals surface area (Å²) in [4.78, 5) is 4.55. The van der Waals surface area contributed by atoms with E-state index in [9.17, 15) is 0 Å². The number of rotatable bonds is 3. The lowest BCUT2D eigenvalue weighted by Crippen LogP contribution is -1.90. The summed E-state index contributed by atoms with van der Waals surface area (Å²) >= 11 is 3.42. The Hall–Kier alpha value is -1.41. The van der Waals surface area contributed by atoms with Crippen LogP contribution in [0, 0.1) is 0 Å². The topological polar surface area (TPSA) is 12.4 Å². The van der Waals surface area contributed by atoms with Crippen molar-refractivity contribution in [1.82, 2.24) is 0 Å². The monoisotopic (exact) mass is 287 g/mol. The van der Waals surface area contributed by atoms with Gasteiger partial charge in [0.2, 0.25) is 0 Å². The Morgan fingerprint density at radius 1 is 1.00 bits per heavy atom. The summed E-state index contributed by atoms with van der Waals surface area (Å²) in [5.41, 5.74) is 2.36. The molecule has 0 aliphatic heterocycles. The highest BCUT2D eigenvalue weighted by atomic mass is 79.9. The number of hydrogen-bond acceptors (Lipinski definition) is 1. The van der Waals surface area contributed by atoms with Crippen LogP contribution in [-0.2, 0) is 0 Å². The molecule has 1 nitrogen and oxygen atoms in total. The van der Waals surface area contributed by atoms with Crippen LogP contribution in [0.3, 0.4) is 0 Å². The van der Waals surface area contributed by atoms with Gasteiger partial charge in [-0.2, -0.15) is 0 Å². The molecule has 0 spiro atoms. The first-order chi connectivity index (χ1) is 8.25. The molecule has 0 amide bonds. The lowest BCUT2D eigenvalue weighted by molar-refractivity contribution is 0.825. The molecule has 0 aliphatic carbocycles. The van der Waals surface area contributed by atoms with E-state index in [-0.39, 0.29) is 6.04 Å². The van der Waals surface area contributed by atoms with Crippen molar-refractivity contribution in [2.24, 2.45) is 4.99 Å². The van der Waals surface area contributed by atoms with E-state index < -0.39 is 0 Å². The Kier molecular flexibility index (Phi) is 4.10. The minimum absolute atomic E-state index is 0.194. The smallest absolute Gasteiger partial charge is 0.0721 e. The van der Waals surface area contributed by atoms with Crippen LogP contribution in [0.25, 0.3) is 0 Å². The molecule has 86 valence electrons. The van der Waals surface area contributed by atoms with E-state index in [1.54, 1.807) is 0 Å². The van der Waals surface area contributed by atoms with E-state index in [2.05, 4.69) is 40.0 Å². The second-order valence-corrected chi connectivity index (χ2v) is 4.83. The Morgan fingerprint density at radius 3 is 2.29 bits per heavy atom. The molecule has 17 heavy (non-hydrogen) atoms. The van der Waals surface area contributed by atoms with Gasteiger partial charge in [0.15, 0.2) is 0 Å². The second kappa shape index (κ2) is 5.78. The maximum absolute atomic E-state index is 4.55. The molecule has 0 saturated carbocycles. The van der Waals surface area contributed by atoms with E-state index in [4.69, 9.17) is 0 Å². The quantitative estimate of drug-likeness (QED) is 0.730. The standard InChI is InChI=1S/C15H14BrN/c1-12(14-5-3-2-4-6-14)17-11-13-7-9-15(16)10-8-13/h2-12H,1H3/t12-/m0/s1. The minimum Gasteiger partial charge on any atom is -0.285 e. The summed E-state index contributed by atoms with van der Waals surface area (Å²) in [7, 11) is 0. The fourth-order valence-electron chi connectivity index (χ4n) is 1.56. The van der Waals surface area contributed by atoms with Gasteiger partial charge in [-0.1, -0.05) is 58.4 Å². The highest BCUT2D eigenvalue weighted by molar-refractivity contribution is 9.10. The Balaban J connectivity index is 2.08. The van der Waals surface area contributed by atoms with Gasteiger partial charge in [-0.3, -0.25) is 4.99 Å². The van der Waals surface area contributed by atoms with E-state index >= 15 is 0 Å². The predicted molar refractivity (Wildman–Crippen MR) is 76.6 cm³/mol. The Bertz CT molecular complexity index is 488. The molecule has 0 aromatic heterocycles. The van der Waals surface area contributed by atoms with Crippen LogP contribution >= 0.6 is 15.9 Å². The van der Waals surface area contributed by atoms with Crippen molar-refractivity contribution in [3.63, 3.8) is 0 Å². The van der Waals surface area contributed by atoms with Crippen LogP contribution in [0.1, 0.15) is 24.1 Å². The van der Waals surface area contributed by atoms with Crippen molar-refractivity contribution in [2.45, 2.75) is 13.0 Å². The fourth-order valence-corrected chi connectivity index (χ4v) is 1.83. The van der Waals surface area contributed by atoms with Crippen LogP contribution in [0.2, 0.25) is 0 Å². The predicted octanol–water partition coefficient (Wildman–Crippen LogP) is 4.63. The molecule has 0 saturated heterocycles. The van der Waals surface area contributed by atoms with Gasteiger partial charge < -0.3 is 0 Å². The molecule has 0 unspecified atom stereocenters. The molecule has 0 N–H and O–H groups in total. The molecule has 1 atom stereocenters. The first kappa shape index (κ1) is 12.1. The molecular weight excluding hydrogens is 274 g/mol. The normalized spacial score (nSPS) is 12.8. The largest absolute Gasteiger partial charge is 0.285 e. The number of hydrogen-bond donors (Lipinski definition) is 0. The van der Waals surface area contributed by atoms with Gasteiger partial charge in [0, 0.05) is 10.7 Å². The van der Waals surface area contributed by atoms with Crippen molar-refractivity contribution in [3.05, 3.63) is 70.2 Å². The third kappa shape index (κ3) is 3.53. The number of halogens is 1. The van der Waals surface area contributed by atoms with Crippen molar-refractivity contribution in [1.29, 1.82) is 0 Å². The first-order valence-corrected chi connectivity index (χ1v) is 6.39. The van der Waals surface area contributed by atoms with E-state index in [1.165, 1.54) is 5.56 Å². The Labute approximate surface area is 110 Å². The molecule has 2 aromatic carbocycles. The lowest BCUT2D eigenvalue weighted by atomic mass is 10.1. The van der Waals surface area contributed by atoms with Gasteiger partial charge in [-0.15, -0.1) is 0 Å². The molecule has 0 radical (unpaired) electrons.